The number of halogens is 1. The van der Waals surface area contributed by atoms with E-state index in [4.69, 9.17) is 9.47 Å². The lowest BCUT2D eigenvalue weighted by atomic mass is 10.0. The van der Waals surface area contributed by atoms with Gasteiger partial charge in [0.05, 0.1) is 31.9 Å². The van der Waals surface area contributed by atoms with Crippen molar-refractivity contribution in [3.8, 4) is 5.75 Å². The second-order valence-electron chi connectivity index (χ2n) is 15.1. The summed E-state index contributed by atoms with van der Waals surface area (Å²) in [6.07, 6.45) is 5.97. The van der Waals surface area contributed by atoms with Gasteiger partial charge in [0.1, 0.15) is 35.3 Å². The van der Waals surface area contributed by atoms with Gasteiger partial charge in [0, 0.05) is 24.4 Å². The Kier molecular flexibility index (Phi) is 10.9. The third-order valence-electron chi connectivity index (χ3n) is 11.1. The fourth-order valence-electron chi connectivity index (χ4n) is 7.79. The lowest BCUT2D eigenvalue weighted by molar-refractivity contribution is -0.142. The predicted octanol–water partition coefficient (Wildman–Crippen LogP) is 2.99. The van der Waals surface area contributed by atoms with Gasteiger partial charge in [-0.1, -0.05) is 49.3 Å². The van der Waals surface area contributed by atoms with Crippen LogP contribution in [0.25, 0.3) is 0 Å². The van der Waals surface area contributed by atoms with Crippen LogP contribution in [-0.4, -0.2) is 90.6 Å². The number of hydrogen-bond donors (Lipinski definition) is 3. The summed E-state index contributed by atoms with van der Waals surface area (Å²) in [6, 6.07) is 9.38. The van der Waals surface area contributed by atoms with E-state index in [-0.39, 0.29) is 45.3 Å². The summed E-state index contributed by atoms with van der Waals surface area (Å²) in [5.74, 6) is -2.85. The van der Waals surface area contributed by atoms with Crippen molar-refractivity contribution in [1.82, 2.24) is 25.2 Å². The molecule has 0 bridgehead atoms. The maximum atomic E-state index is 14.5. The Balaban J connectivity index is 1.13. The number of nitrogens with one attached hydrogen (secondary N) is 3. The molecule has 0 radical (unpaired) electrons. The van der Waals surface area contributed by atoms with Gasteiger partial charge in [-0.2, -0.15) is 0 Å². The van der Waals surface area contributed by atoms with Crippen LogP contribution in [0.5, 0.6) is 5.75 Å². The molecule has 2 aromatic rings. The minimum atomic E-state index is -3.93. The molecule has 2 saturated carbocycles. The van der Waals surface area contributed by atoms with E-state index in [9.17, 15) is 36.8 Å². The van der Waals surface area contributed by atoms with Gasteiger partial charge >= 0.3 is 6.09 Å². The van der Waals surface area contributed by atoms with Crippen LogP contribution in [0, 0.1) is 11.7 Å². The van der Waals surface area contributed by atoms with Crippen molar-refractivity contribution in [3.05, 3.63) is 77.1 Å². The van der Waals surface area contributed by atoms with Crippen LogP contribution < -0.4 is 20.1 Å². The van der Waals surface area contributed by atoms with Gasteiger partial charge in [-0.05, 0) is 67.9 Å². The molecule has 2 aliphatic carbocycles. The second kappa shape index (κ2) is 15.6. The molecule has 3 heterocycles. The van der Waals surface area contributed by atoms with Crippen LogP contribution in [-0.2, 0) is 53.4 Å². The third kappa shape index (κ3) is 8.48. The second-order valence-corrected chi connectivity index (χ2v) is 17.1. The van der Waals surface area contributed by atoms with Crippen molar-refractivity contribution in [2.45, 2.75) is 106 Å². The zero-order valence-corrected chi connectivity index (χ0v) is 31.4. The molecule has 294 valence electrons. The average Bonchev–Trinajstić information content (AvgIpc) is 4.04. The average molecular weight is 780 g/mol. The van der Waals surface area contributed by atoms with E-state index in [0.29, 0.717) is 48.1 Å². The van der Waals surface area contributed by atoms with Crippen molar-refractivity contribution in [2.75, 3.05) is 13.7 Å². The summed E-state index contributed by atoms with van der Waals surface area (Å²) in [6.45, 7) is -0.0562. The number of nitrogens with zero attached hydrogens (tertiary/aromatic N) is 2. The number of rotatable bonds is 8. The molecule has 5 amide bonds. The van der Waals surface area contributed by atoms with Crippen molar-refractivity contribution >= 4 is 39.7 Å². The predicted molar refractivity (Wildman–Crippen MR) is 196 cm³/mol. The number of carbonyl (C=O) groups excluding carboxylic acids is 5. The fourth-order valence-corrected chi connectivity index (χ4v) is 9.15. The monoisotopic (exact) mass is 779 g/mol. The van der Waals surface area contributed by atoms with Crippen LogP contribution in [0.4, 0.5) is 9.18 Å². The lowest BCUT2D eigenvalue weighted by Gasteiger charge is -2.30. The van der Waals surface area contributed by atoms with Gasteiger partial charge < -0.3 is 25.0 Å². The summed E-state index contributed by atoms with van der Waals surface area (Å²) >= 11 is 0. The van der Waals surface area contributed by atoms with Crippen molar-refractivity contribution in [2.24, 2.45) is 5.92 Å². The Hall–Kier alpha value is -4.99. The SMILES string of the molecule is COc1cccc(CC(=O)N[C@H]2CCCCC/C=C\[C@@H]3C[C@@]3(C(=O)NS(=O)(=O)C3CC3)NC(=O)[C@@H]3C[C@@H](OC(=O)N4Cc5cccc(F)c5C4)CN3C2=O)c1. The largest absolute Gasteiger partial charge is 0.497 e. The third-order valence-corrected chi connectivity index (χ3v) is 12.9. The van der Waals surface area contributed by atoms with Gasteiger partial charge in [-0.15, -0.1) is 0 Å². The van der Waals surface area contributed by atoms with Crippen LogP contribution in [0.3, 0.4) is 0 Å². The molecule has 0 aromatic heterocycles. The molecule has 0 unspecified atom stereocenters. The van der Waals surface area contributed by atoms with Gasteiger partial charge in [0.2, 0.25) is 27.7 Å². The van der Waals surface area contributed by atoms with E-state index in [1.807, 2.05) is 12.2 Å². The van der Waals surface area contributed by atoms with Crippen molar-refractivity contribution < 1.29 is 46.3 Å². The molecule has 55 heavy (non-hydrogen) atoms. The number of fused-ring (bicyclic) bond motifs is 3. The molecule has 3 aliphatic heterocycles. The van der Waals surface area contributed by atoms with E-state index in [1.54, 1.807) is 36.4 Å². The first-order valence-electron chi connectivity index (χ1n) is 18.9. The van der Waals surface area contributed by atoms with Crippen molar-refractivity contribution in [1.29, 1.82) is 0 Å². The summed E-state index contributed by atoms with van der Waals surface area (Å²) < 4.78 is 53.4. The lowest BCUT2D eigenvalue weighted by Crippen LogP contribution is -2.58. The van der Waals surface area contributed by atoms with E-state index in [0.717, 1.165) is 12.8 Å². The molecule has 16 heteroatoms. The number of methoxy groups -OCH3 is 1. The molecule has 14 nitrogen and oxygen atoms in total. The molecule has 5 aliphatic rings. The van der Waals surface area contributed by atoms with E-state index in [1.165, 1.54) is 23.0 Å². The van der Waals surface area contributed by atoms with Gasteiger partial charge in [0.25, 0.3) is 5.91 Å². The molecular weight excluding hydrogens is 734 g/mol. The molecule has 2 aromatic carbocycles. The number of carbonyl (C=O) groups is 5. The molecule has 3 fully saturated rings. The van der Waals surface area contributed by atoms with E-state index < -0.39 is 80.5 Å². The number of hydrogen-bond acceptors (Lipinski definition) is 9. The van der Waals surface area contributed by atoms with Gasteiger partial charge in [-0.3, -0.25) is 28.8 Å². The quantitative estimate of drug-likeness (QED) is 0.340. The zero-order chi connectivity index (χ0) is 38.9. The Morgan fingerprint density at radius 1 is 1.04 bits per heavy atom. The summed E-state index contributed by atoms with van der Waals surface area (Å²) in [4.78, 5) is 71.9. The highest BCUT2D eigenvalue weighted by Gasteiger charge is 2.62. The first-order valence-corrected chi connectivity index (χ1v) is 20.4. The topological polar surface area (TPSA) is 181 Å². The number of amides is 5. The highest BCUT2D eigenvalue weighted by atomic mass is 32.2. The van der Waals surface area contributed by atoms with Gasteiger partial charge in [0.15, 0.2) is 0 Å². The fraction of sp³-hybridized carbons (Fsp3) is 0.513. The van der Waals surface area contributed by atoms with Crippen molar-refractivity contribution in [3.63, 3.8) is 0 Å². The van der Waals surface area contributed by atoms with E-state index in [2.05, 4.69) is 15.4 Å². The van der Waals surface area contributed by atoms with Crippen LogP contribution in [0.1, 0.15) is 74.5 Å². The highest BCUT2D eigenvalue weighted by Crippen LogP contribution is 2.46. The Morgan fingerprint density at radius 3 is 2.60 bits per heavy atom. The normalized spacial score (nSPS) is 27.3. The molecular formula is C39H46FN5O9S. The Labute approximate surface area is 319 Å². The maximum Gasteiger partial charge on any atom is 0.410 e. The van der Waals surface area contributed by atoms with E-state index >= 15 is 0 Å². The number of allylic oxidation sites excluding steroid dienone is 1. The minimum Gasteiger partial charge on any atom is -0.497 e. The van der Waals surface area contributed by atoms with Crippen LogP contribution in [0.2, 0.25) is 0 Å². The molecule has 5 atom stereocenters. The van der Waals surface area contributed by atoms with Gasteiger partial charge in [-0.25, -0.2) is 17.6 Å². The first-order chi connectivity index (χ1) is 26.4. The summed E-state index contributed by atoms with van der Waals surface area (Å²) in [5, 5.41) is 5.02. The summed E-state index contributed by atoms with van der Waals surface area (Å²) in [7, 11) is -2.40. The number of benzene rings is 2. The zero-order valence-electron chi connectivity index (χ0n) is 30.6. The maximum absolute atomic E-state index is 14.5. The summed E-state index contributed by atoms with van der Waals surface area (Å²) in [5.41, 5.74) is 0.155. The number of ether oxygens (including phenoxy) is 2. The molecule has 3 N–H and O–H groups in total. The molecule has 0 spiro atoms. The first kappa shape index (κ1) is 38.3. The molecule has 1 saturated heterocycles. The smallest absolute Gasteiger partial charge is 0.410 e. The number of sulfonamides is 1. The minimum absolute atomic E-state index is 0.00217. The Morgan fingerprint density at radius 2 is 1.84 bits per heavy atom. The molecule has 7 rings (SSSR count). The van der Waals surface area contributed by atoms with Crippen LogP contribution in [0.15, 0.2) is 54.6 Å². The Bertz CT molecular complexity index is 2010. The van der Waals surface area contributed by atoms with Crippen LogP contribution >= 0.6 is 0 Å². The highest BCUT2D eigenvalue weighted by molar-refractivity contribution is 7.91. The standard InChI is InChI=1S/C39H46FN5O9S/c1-53-27-12-7-9-24(17-27)18-34(46)41-32-14-6-4-2-3-5-11-26-20-39(26,37(49)43-55(51,52)29-15-16-29)42-35(47)33-19-28(22-45(33)36(32)48)54-38(50)44-21-25-10-8-13-31(40)30(25)23-44/h5,7-13,17,26,28-29,32-33H,2-4,6,14-16,18-23H2,1H3,(H,41,46)(H,42,47)(H,43,49)/b11-5-/t26-,28-,32+,33+,39-/m1/s1.